The second kappa shape index (κ2) is 69.6. The summed E-state index contributed by atoms with van der Waals surface area (Å²) >= 11 is 0. The molecule has 0 radical (unpaired) electrons. The molecule has 0 spiro atoms. The number of unbranched alkanes of at least 4 members (excludes halogenated alkanes) is 34. The van der Waals surface area contributed by atoms with Gasteiger partial charge in [-0.05, 0) is 96.3 Å². The Hall–Kier alpha value is -3.93. The van der Waals surface area contributed by atoms with Crippen LogP contribution in [-0.2, 0) is 28.6 Å². The third-order valence-electron chi connectivity index (χ3n) is 15.0. The van der Waals surface area contributed by atoms with Crippen LogP contribution < -0.4 is 0 Å². The summed E-state index contributed by atoms with van der Waals surface area (Å²) in [6.07, 6.45) is 95.5. The van der Waals surface area contributed by atoms with E-state index in [4.69, 9.17) is 14.2 Å². The van der Waals surface area contributed by atoms with E-state index in [-0.39, 0.29) is 37.5 Å². The molecule has 82 heavy (non-hydrogen) atoms. The number of carbonyl (C=O) groups excluding carboxylic acids is 3. The highest BCUT2D eigenvalue weighted by Gasteiger charge is 2.19. The molecule has 0 aliphatic carbocycles. The lowest BCUT2D eigenvalue weighted by Gasteiger charge is -2.18. The van der Waals surface area contributed by atoms with E-state index in [9.17, 15) is 14.4 Å². The van der Waals surface area contributed by atoms with Gasteiger partial charge in [-0.25, -0.2) is 0 Å². The number of carbonyl (C=O) groups is 3. The Balaban J connectivity index is 4.46. The number of hydrogen-bond donors (Lipinski definition) is 0. The molecule has 0 saturated heterocycles. The Morgan fingerprint density at radius 3 is 0.817 bits per heavy atom. The second-order valence-corrected chi connectivity index (χ2v) is 23.1. The van der Waals surface area contributed by atoms with Crippen molar-refractivity contribution >= 4 is 17.9 Å². The predicted molar refractivity (Wildman–Crippen MR) is 357 cm³/mol. The monoisotopic (exact) mass is 1140 g/mol. The van der Waals surface area contributed by atoms with Gasteiger partial charge in [-0.15, -0.1) is 0 Å². The van der Waals surface area contributed by atoms with Crippen molar-refractivity contribution < 1.29 is 28.6 Å². The minimum absolute atomic E-state index is 0.104. The van der Waals surface area contributed by atoms with Gasteiger partial charge >= 0.3 is 17.9 Å². The summed E-state index contributed by atoms with van der Waals surface area (Å²) in [4.78, 5) is 38.4. The maximum Gasteiger partial charge on any atom is 0.306 e. The van der Waals surface area contributed by atoms with Crippen molar-refractivity contribution in [2.45, 2.75) is 341 Å². The first-order valence-electron chi connectivity index (χ1n) is 34.9. The Bertz CT molecular complexity index is 1640. The first-order chi connectivity index (χ1) is 40.5. The van der Waals surface area contributed by atoms with Gasteiger partial charge in [0.05, 0.1) is 0 Å². The summed E-state index contributed by atoms with van der Waals surface area (Å²) in [5.74, 6) is -0.984. The topological polar surface area (TPSA) is 78.9 Å². The predicted octanol–water partition coefficient (Wildman–Crippen LogP) is 24.2. The maximum atomic E-state index is 13.0. The summed E-state index contributed by atoms with van der Waals surface area (Å²) in [5, 5.41) is 0. The van der Waals surface area contributed by atoms with E-state index in [1.165, 1.54) is 193 Å². The lowest BCUT2D eigenvalue weighted by molar-refractivity contribution is -0.166. The molecular weight excluding hydrogens is 1010 g/mol. The van der Waals surface area contributed by atoms with Crippen LogP contribution in [0.4, 0.5) is 0 Å². The normalized spacial score (nSPS) is 12.8. The summed E-state index contributed by atoms with van der Waals surface area (Å²) in [6, 6.07) is 0. The molecule has 0 aromatic heterocycles. The first-order valence-corrected chi connectivity index (χ1v) is 34.9. The van der Waals surface area contributed by atoms with Crippen LogP contribution >= 0.6 is 0 Å². The molecule has 0 heterocycles. The summed E-state index contributed by atoms with van der Waals surface area (Å²) in [5.41, 5.74) is 0. The summed E-state index contributed by atoms with van der Waals surface area (Å²) in [7, 11) is 0. The third-order valence-corrected chi connectivity index (χ3v) is 15.0. The van der Waals surface area contributed by atoms with Gasteiger partial charge in [0.25, 0.3) is 0 Å². The lowest BCUT2D eigenvalue weighted by atomic mass is 10.0. The molecule has 1 atom stereocenters. The largest absolute Gasteiger partial charge is 0.462 e. The van der Waals surface area contributed by atoms with Gasteiger partial charge in [0.1, 0.15) is 13.2 Å². The molecule has 1 unspecified atom stereocenters. The van der Waals surface area contributed by atoms with E-state index < -0.39 is 6.10 Å². The van der Waals surface area contributed by atoms with Crippen LogP contribution in [0.25, 0.3) is 0 Å². The molecule has 470 valence electrons. The van der Waals surface area contributed by atoms with Gasteiger partial charge in [0.2, 0.25) is 0 Å². The zero-order chi connectivity index (χ0) is 59.2. The average molecular weight is 1140 g/mol. The first kappa shape index (κ1) is 78.1. The van der Waals surface area contributed by atoms with Crippen molar-refractivity contribution in [1.29, 1.82) is 0 Å². The summed E-state index contributed by atoms with van der Waals surface area (Å²) in [6.45, 7) is 6.49. The van der Waals surface area contributed by atoms with E-state index in [0.29, 0.717) is 19.3 Å². The van der Waals surface area contributed by atoms with Crippen molar-refractivity contribution in [3.05, 3.63) is 109 Å². The SMILES string of the molecule is CC/C=C\C/C=C\C/C=C\C/C=C\C/C=C\C/C=C\CCC(=O)OCC(COC(=O)CCCCCCCCCC/C=C\C/C=C\C/C=C\CCCCCCC)OC(=O)CCCCCCCCCCCCCCCCCCCCCCCC. The highest BCUT2D eigenvalue weighted by atomic mass is 16.6. The van der Waals surface area contributed by atoms with Crippen LogP contribution in [-0.4, -0.2) is 37.2 Å². The third kappa shape index (κ3) is 66.9. The number of esters is 3. The van der Waals surface area contributed by atoms with Crippen LogP contribution in [0.1, 0.15) is 335 Å². The second-order valence-electron chi connectivity index (χ2n) is 23.1. The highest BCUT2D eigenvalue weighted by Crippen LogP contribution is 2.17. The van der Waals surface area contributed by atoms with Crippen molar-refractivity contribution in [2.24, 2.45) is 0 Å². The molecule has 0 bridgehead atoms. The molecule has 0 aromatic carbocycles. The molecule has 0 N–H and O–H groups in total. The fourth-order valence-electron chi connectivity index (χ4n) is 9.83. The van der Waals surface area contributed by atoms with Gasteiger partial charge in [-0.2, -0.15) is 0 Å². The van der Waals surface area contributed by atoms with E-state index in [1.807, 2.05) is 6.08 Å². The van der Waals surface area contributed by atoms with Crippen molar-refractivity contribution in [1.82, 2.24) is 0 Å². The molecule has 6 nitrogen and oxygen atoms in total. The molecule has 0 aliphatic rings. The molecule has 0 amide bonds. The van der Waals surface area contributed by atoms with E-state index in [1.54, 1.807) is 0 Å². The molecule has 0 fully saturated rings. The minimum Gasteiger partial charge on any atom is -0.462 e. The van der Waals surface area contributed by atoms with Gasteiger partial charge in [-0.3, -0.25) is 14.4 Å². The quantitative estimate of drug-likeness (QED) is 0.0261. The Kier molecular flexibility index (Phi) is 66.2. The summed E-state index contributed by atoms with van der Waals surface area (Å²) < 4.78 is 16.9. The van der Waals surface area contributed by atoms with Gasteiger partial charge in [0, 0.05) is 19.3 Å². The Labute approximate surface area is 508 Å². The fraction of sp³-hybridized carbons (Fsp3) is 0.724. The van der Waals surface area contributed by atoms with E-state index >= 15 is 0 Å². The Morgan fingerprint density at radius 2 is 0.500 bits per heavy atom. The maximum absolute atomic E-state index is 13.0. The standard InChI is InChI=1S/C76H130O6/c1-4-7-10-13-16-19-22-25-28-31-34-36-38-40-42-45-48-51-54-57-60-63-66-69-75(78)81-72-73(71-80-74(77)68-65-62-59-56-53-50-47-44-41-33-30-27-24-21-18-15-12-9-6-3)82-76(79)70-67-64-61-58-55-52-49-46-43-39-37-35-32-29-26-23-20-17-14-11-8-5-2/h9,12,18,21-22,25,27,30-31,34,38,40-41,44,50,53,59,62,73H,4-8,10-11,13-17,19-20,23-24,26,28-29,32-33,35-37,39,42-43,45-49,51-52,54-58,60-61,63-72H2,1-3H3/b12-9-,21-18-,25-22-,30-27-,34-31-,40-38-,44-41-,53-50-,62-59-. The Morgan fingerprint density at radius 1 is 0.256 bits per heavy atom. The molecule has 6 heteroatoms. The van der Waals surface area contributed by atoms with E-state index in [0.717, 1.165) is 96.3 Å². The smallest absolute Gasteiger partial charge is 0.306 e. The molecular formula is C76H130O6. The van der Waals surface area contributed by atoms with Crippen LogP contribution in [0.3, 0.4) is 0 Å². The zero-order valence-corrected chi connectivity index (χ0v) is 54.0. The molecule has 0 aliphatic heterocycles. The van der Waals surface area contributed by atoms with E-state index in [2.05, 4.69) is 124 Å². The molecule has 0 aromatic rings. The number of allylic oxidation sites excluding steroid dienone is 18. The van der Waals surface area contributed by atoms with Crippen LogP contribution in [0.5, 0.6) is 0 Å². The molecule has 0 rings (SSSR count). The zero-order valence-electron chi connectivity index (χ0n) is 54.0. The van der Waals surface area contributed by atoms with Crippen LogP contribution in [0.15, 0.2) is 109 Å². The highest BCUT2D eigenvalue weighted by molar-refractivity contribution is 5.71. The van der Waals surface area contributed by atoms with Crippen molar-refractivity contribution in [2.75, 3.05) is 13.2 Å². The number of hydrogen-bond acceptors (Lipinski definition) is 6. The van der Waals surface area contributed by atoms with Crippen LogP contribution in [0.2, 0.25) is 0 Å². The van der Waals surface area contributed by atoms with Gasteiger partial charge in [-0.1, -0.05) is 329 Å². The minimum atomic E-state index is -0.814. The fourth-order valence-corrected chi connectivity index (χ4v) is 9.83. The molecule has 0 saturated carbocycles. The average Bonchev–Trinajstić information content (AvgIpc) is 3.47. The lowest BCUT2D eigenvalue weighted by Crippen LogP contribution is -2.30. The number of ether oxygens (including phenoxy) is 3. The van der Waals surface area contributed by atoms with Crippen LogP contribution in [0, 0.1) is 0 Å². The van der Waals surface area contributed by atoms with Gasteiger partial charge < -0.3 is 14.2 Å². The number of rotatable bonds is 63. The van der Waals surface area contributed by atoms with Crippen molar-refractivity contribution in [3.63, 3.8) is 0 Å². The van der Waals surface area contributed by atoms with Gasteiger partial charge in [0.15, 0.2) is 6.10 Å². The van der Waals surface area contributed by atoms with Crippen molar-refractivity contribution in [3.8, 4) is 0 Å².